The smallest absolute Gasteiger partial charge is 0.147 e. The summed E-state index contributed by atoms with van der Waals surface area (Å²) in [6, 6.07) is 8.06. The molecule has 2 aromatic heterocycles. The molecule has 0 spiro atoms. The standard InChI is InChI=1S/C14H12FN3OS2/c15-10-3-1-2-4-12(10)21(19)8-6-16-14-13-11(5-7-20-13)17-9-18-14/h1-5,7,9H,6,8H2,(H,16,17,18)/t21-/m0/s1. The van der Waals surface area contributed by atoms with E-state index in [1.54, 1.807) is 29.5 Å². The Kier molecular flexibility index (Phi) is 4.21. The van der Waals surface area contributed by atoms with Gasteiger partial charge in [-0.05, 0) is 23.6 Å². The van der Waals surface area contributed by atoms with Crippen LogP contribution in [0.1, 0.15) is 0 Å². The molecule has 0 fully saturated rings. The van der Waals surface area contributed by atoms with Crippen LogP contribution >= 0.6 is 11.3 Å². The molecule has 7 heteroatoms. The van der Waals surface area contributed by atoms with Gasteiger partial charge in [0, 0.05) is 12.3 Å². The summed E-state index contributed by atoms with van der Waals surface area (Å²) in [6.07, 6.45) is 1.49. The molecule has 3 rings (SSSR count). The minimum atomic E-state index is -1.37. The molecule has 0 aliphatic heterocycles. The van der Waals surface area contributed by atoms with Crippen LogP contribution < -0.4 is 5.32 Å². The summed E-state index contributed by atoms with van der Waals surface area (Å²) in [5.74, 6) is 0.608. The van der Waals surface area contributed by atoms with E-state index in [4.69, 9.17) is 0 Å². The van der Waals surface area contributed by atoms with Crippen LogP contribution in [0.3, 0.4) is 0 Å². The molecule has 1 N–H and O–H groups in total. The Morgan fingerprint density at radius 1 is 1.24 bits per heavy atom. The highest BCUT2D eigenvalue weighted by Crippen LogP contribution is 2.24. The number of hydrogen-bond donors (Lipinski definition) is 1. The van der Waals surface area contributed by atoms with E-state index in [1.807, 2.05) is 11.4 Å². The third-order valence-corrected chi connectivity index (χ3v) is 5.21. The van der Waals surface area contributed by atoms with E-state index >= 15 is 0 Å². The largest absolute Gasteiger partial charge is 0.368 e. The predicted octanol–water partition coefficient (Wildman–Crippen LogP) is 3.05. The maximum Gasteiger partial charge on any atom is 0.147 e. The predicted molar refractivity (Wildman–Crippen MR) is 83.6 cm³/mol. The maximum absolute atomic E-state index is 13.5. The van der Waals surface area contributed by atoms with Crippen molar-refractivity contribution in [2.75, 3.05) is 17.6 Å². The van der Waals surface area contributed by atoms with Crippen LogP contribution in [0, 0.1) is 5.82 Å². The number of anilines is 1. The monoisotopic (exact) mass is 321 g/mol. The molecule has 3 aromatic rings. The van der Waals surface area contributed by atoms with Gasteiger partial charge in [-0.1, -0.05) is 12.1 Å². The van der Waals surface area contributed by atoms with E-state index in [2.05, 4.69) is 15.3 Å². The quantitative estimate of drug-likeness (QED) is 0.785. The van der Waals surface area contributed by atoms with Gasteiger partial charge in [0.05, 0.1) is 25.9 Å². The highest BCUT2D eigenvalue weighted by atomic mass is 32.2. The fourth-order valence-electron chi connectivity index (χ4n) is 1.92. The van der Waals surface area contributed by atoms with E-state index in [0.717, 1.165) is 16.0 Å². The van der Waals surface area contributed by atoms with Crippen LogP contribution in [0.2, 0.25) is 0 Å². The Hall–Kier alpha value is -1.86. The van der Waals surface area contributed by atoms with Crippen LogP contribution in [-0.4, -0.2) is 26.5 Å². The van der Waals surface area contributed by atoms with Gasteiger partial charge < -0.3 is 5.32 Å². The van der Waals surface area contributed by atoms with Crippen molar-refractivity contribution in [2.45, 2.75) is 4.90 Å². The Morgan fingerprint density at radius 3 is 2.95 bits per heavy atom. The molecule has 4 nitrogen and oxygen atoms in total. The lowest BCUT2D eigenvalue weighted by Gasteiger charge is -2.07. The van der Waals surface area contributed by atoms with Crippen LogP contribution in [-0.2, 0) is 10.8 Å². The average molecular weight is 321 g/mol. The van der Waals surface area contributed by atoms with Crippen LogP contribution in [0.4, 0.5) is 10.2 Å². The third kappa shape index (κ3) is 3.08. The van der Waals surface area contributed by atoms with Crippen LogP contribution in [0.5, 0.6) is 0 Å². The molecule has 108 valence electrons. The van der Waals surface area contributed by atoms with E-state index < -0.39 is 16.6 Å². The van der Waals surface area contributed by atoms with Crippen molar-refractivity contribution in [3.8, 4) is 0 Å². The summed E-state index contributed by atoms with van der Waals surface area (Å²) in [7, 11) is -1.37. The summed E-state index contributed by atoms with van der Waals surface area (Å²) in [5, 5.41) is 5.08. The zero-order valence-corrected chi connectivity index (χ0v) is 12.6. The third-order valence-electron chi connectivity index (χ3n) is 2.91. The summed E-state index contributed by atoms with van der Waals surface area (Å²) < 4.78 is 26.6. The van der Waals surface area contributed by atoms with Gasteiger partial charge in [0.2, 0.25) is 0 Å². The highest BCUT2D eigenvalue weighted by Gasteiger charge is 2.10. The number of nitrogens with one attached hydrogen (secondary N) is 1. The van der Waals surface area contributed by atoms with Gasteiger partial charge in [-0.25, -0.2) is 14.4 Å². The Morgan fingerprint density at radius 2 is 2.10 bits per heavy atom. The van der Waals surface area contributed by atoms with Crippen molar-refractivity contribution in [1.82, 2.24) is 9.97 Å². The fourth-order valence-corrected chi connectivity index (χ4v) is 3.75. The number of benzene rings is 1. The molecule has 0 saturated carbocycles. The molecule has 0 aliphatic rings. The number of hydrogen-bond acceptors (Lipinski definition) is 5. The lowest BCUT2D eigenvalue weighted by Crippen LogP contribution is -2.12. The first-order valence-electron chi connectivity index (χ1n) is 6.30. The minimum absolute atomic E-state index is 0.239. The SMILES string of the molecule is O=[S@@](CCNc1ncnc2ccsc12)c1ccccc1F. The first-order valence-corrected chi connectivity index (χ1v) is 8.50. The number of nitrogens with zero attached hydrogens (tertiary/aromatic N) is 2. The summed E-state index contributed by atoms with van der Waals surface area (Å²) in [6.45, 7) is 0.449. The van der Waals surface area contributed by atoms with Crippen molar-refractivity contribution in [1.29, 1.82) is 0 Å². The topological polar surface area (TPSA) is 54.9 Å². The minimum Gasteiger partial charge on any atom is -0.368 e. The van der Waals surface area contributed by atoms with Crippen molar-refractivity contribution in [3.63, 3.8) is 0 Å². The summed E-state index contributed by atoms with van der Waals surface area (Å²) in [4.78, 5) is 8.57. The molecule has 0 unspecified atom stereocenters. The molecule has 21 heavy (non-hydrogen) atoms. The lowest BCUT2D eigenvalue weighted by molar-refractivity contribution is 0.595. The molecule has 1 atom stereocenters. The molecular formula is C14H12FN3OS2. The number of fused-ring (bicyclic) bond motifs is 1. The molecule has 2 heterocycles. The van der Waals surface area contributed by atoms with Gasteiger partial charge in [-0.15, -0.1) is 11.3 Å². The first kappa shape index (κ1) is 14.1. The van der Waals surface area contributed by atoms with E-state index in [0.29, 0.717) is 12.3 Å². The van der Waals surface area contributed by atoms with E-state index in [9.17, 15) is 8.60 Å². The first-order chi connectivity index (χ1) is 10.3. The number of aromatic nitrogens is 2. The fraction of sp³-hybridized carbons (Fsp3) is 0.143. The number of halogens is 1. The van der Waals surface area contributed by atoms with Crippen molar-refractivity contribution < 1.29 is 8.60 Å². The van der Waals surface area contributed by atoms with Crippen molar-refractivity contribution in [3.05, 3.63) is 47.9 Å². The molecule has 0 amide bonds. The average Bonchev–Trinajstić information content (AvgIpc) is 2.97. The second-order valence-corrected chi connectivity index (χ2v) is 6.72. The number of thiophene rings is 1. The summed E-state index contributed by atoms with van der Waals surface area (Å²) >= 11 is 1.55. The van der Waals surface area contributed by atoms with Crippen LogP contribution in [0.15, 0.2) is 46.9 Å². The van der Waals surface area contributed by atoms with E-state index in [-0.39, 0.29) is 4.90 Å². The maximum atomic E-state index is 13.5. The van der Waals surface area contributed by atoms with Gasteiger partial charge in [0.15, 0.2) is 0 Å². The zero-order chi connectivity index (χ0) is 14.7. The molecule has 0 saturated heterocycles. The van der Waals surface area contributed by atoms with Gasteiger partial charge in [0.1, 0.15) is 18.0 Å². The molecule has 0 aliphatic carbocycles. The Labute approximate surface area is 127 Å². The zero-order valence-electron chi connectivity index (χ0n) is 11.0. The molecular weight excluding hydrogens is 309 g/mol. The van der Waals surface area contributed by atoms with Gasteiger partial charge in [-0.2, -0.15) is 0 Å². The van der Waals surface area contributed by atoms with E-state index in [1.165, 1.54) is 12.4 Å². The van der Waals surface area contributed by atoms with Gasteiger partial charge >= 0.3 is 0 Å². The van der Waals surface area contributed by atoms with Crippen molar-refractivity contribution >= 4 is 38.2 Å². The second kappa shape index (κ2) is 6.28. The Balaban J connectivity index is 1.65. The van der Waals surface area contributed by atoms with Gasteiger partial charge in [-0.3, -0.25) is 4.21 Å². The van der Waals surface area contributed by atoms with Crippen molar-refractivity contribution in [2.24, 2.45) is 0 Å². The molecule has 0 radical (unpaired) electrons. The number of rotatable bonds is 5. The normalized spacial score (nSPS) is 12.4. The summed E-state index contributed by atoms with van der Waals surface area (Å²) in [5.41, 5.74) is 0.882. The highest BCUT2D eigenvalue weighted by molar-refractivity contribution is 7.85. The molecule has 1 aromatic carbocycles. The second-order valence-electron chi connectivity index (χ2n) is 4.26. The molecule has 0 bridgehead atoms. The van der Waals surface area contributed by atoms with Crippen LogP contribution in [0.25, 0.3) is 10.2 Å². The van der Waals surface area contributed by atoms with Gasteiger partial charge in [0.25, 0.3) is 0 Å². The lowest BCUT2D eigenvalue weighted by atomic mass is 10.3. The Bertz CT molecular complexity index is 790.